The summed E-state index contributed by atoms with van der Waals surface area (Å²) < 4.78 is 25.5. The molecule has 1 saturated heterocycles. The lowest BCUT2D eigenvalue weighted by molar-refractivity contribution is -0.130. The molecule has 1 amide bonds. The molecule has 0 aromatic carbocycles. The molecule has 0 spiro atoms. The molecule has 0 aromatic rings. The van der Waals surface area contributed by atoms with E-state index in [1.165, 1.54) is 21.1 Å². The first-order chi connectivity index (χ1) is 7.35. The lowest BCUT2D eigenvalue weighted by Crippen LogP contribution is -2.44. The predicted molar refractivity (Wildman–Crippen MR) is 61.1 cm³/mol. The van der Waals surface area contributed by atoms with Crippen LogP contribution >= 0.6 is 0 Å². The molecule has 7 heteroatoms. The second-order valence-corrected chi connectivity index (χ2v) is 6.38. The third kappa shape index (κ3) is 2.93. The summed E-state index contributed by atoms with van der Waals surface area (Å²) in [5.41, 5.74) is 0. The van der Waals surface area contributed by atoms with E-state index in [0.717, 1.165) is 34.5 Å². The second-order valence-electron chi connectivity index (χ2n) is 4.13. The molecule has 0 unspecified atom stereocenters. The van der Waals surface area contributed by atoms with Crippen molar-refractivity contribution in [1.29, 1.82) is 0 Å². The van der Waals surface area contributed by atoms with Gasteiger partial charge in [-0.2, -0.15) is 17.0 Å². The van der Waals surface area contributed by atoms with Crippen LogP contribution in [0.5, 0.6) is 0 Å². The zero-order valence-corrected chi connectivity index (χ0v) is 10.8. The Hall–Kier alpha value is -0.660. The fraction of sp³-hybridized carbons (Fsp3) is 0.889. The first kappa shape index (κ1) is 13.4. The van der Waals surface area contributed by atoms with Gasteiger partial charge in [-0.05, 0) is 12.8 Å². The van der Waals surface area contributed by atoms with E-state index >= 15 is 0 Å². The molecule has 1 rings (SSSR count). The Morgan fingerprint density at radius 3 is 2.12 bits per heavy atom. The van der Waals surface area contributed by atoms with Gasteiger partial charge in [-0.3, -0.25) is 4.79 Å². The molecule has 0 aromatic heterocycles. The maximum absolute atomic E-state index is 11.7. The van der Waals surface area contributed by atoms with Crippen LogP contribution in [-0.4, -0.2) is 68.6 Å². The van der Waals surface area contributed by atoms with Crippen LogP contribution in [0.2, 0.25) is 0 Å². The number of hydrogen-bond acceptors (Lipinski definition) is 3. The van der Waals surface area contributed by atoms with Gasteiger partial charge < -0.3 is 4.90 Å². The Morgan fingerprint density at radius 2 is 1.69 bits per heavy atom. The average molecular weight is 249 g/mol. The van der Waals surface area contributed by atoms with Crippen molar-refractivity contribution in [3.63, 3.8) is 0 Å². The zero-order chi connectivity index (χ0) is 12.3. The Balaban J connectivity index is 2.57. The monoisotopic (exact) mass is 249 g/mol. The van der Waals surface area contributed by atoms with Crippen molar-refractivity contribution in [3.8, 4) is 0 Å². The van der Waals surface area contributed by atoms with E-state index < -0.39 is 10.2 Å². The normalized spacial score (nSPS) is 17.4. The molecule has 6 nitrogen and oxygen atoms in total. The predicted octanol–water partition coefficient (Wildman–Crippen LogP) is -0.653. The van der Waals surface area contributed by atoms with Crippen molar-refractivity contribution >= 4 is 16.1 Å². The van der Waals surface area contributed by atoms with Gasteiger partial charge in [0.25, 0.3) is 10.2 Å². The van der Waals surface area contributed by atoms with Gasteiger partial charge in [0.15, 0.2) is 0 Å². The molecule has 0 aliphatic carbocycles. The van der Waals surface area contributed by atoms with E-state index in [1.54, 1.807) is 4.90 Å². The number of rotatable bonds is 4. The highest BCUT2D eigenvalue weighted by Gasteiger charge is 2.26. The molecule has 94 valence electrons. The molecule has 1 heterocycles. The summed E-state index contributed by atoms with van der Waals surface area (Å²) in [5, 5.41) is 0. The van der Waals surface area contributed by atoms with Crippen LogP contribution in [0.15, 0.2) is 0 Å². The summed E-state index contributed by atoms with van der Waals surface area (Å²) in [6.45, 7) is 1.41. The minimum absolute atomic E-state index is 0.0828. The quantitative estimate of drug-likeness (QED) is 0.665. The molecule has 0 saturated carbocycles. The summed E-state index contributed by atoms with van der Waals surface area (Å²) in [5.74, 6) is -0.120. The first-order valence-corrected chi connectivity index (χ1v) is 6.67. The van der Waals surface area contributed by atoms with Crippen molar-refractivity contribution in [2.75, 3.05) is 40.8 Å². The van der Waals surface area contributed by atoms with Gasteiger partial charge in [-0.15, -0.1) is 0 Å². The van der Waals surface area contributed by atoms with Crippen LogP contribution in [0.1, 0.15) is 12.8 Å². The number of hydrogen-bond donors (Lipinski definition) is 0. The van der Waals surface area contributed by atoms with E-state index in [9.17, 15) is 13.2 Å². The highest BCUT2D eigenvalue weighted by molar-refractivity contribution is 7.86. The van der Waals surface area contributed by atoms with Gasteiger partial charge in [0, 0.05) is 34.2 Å². The van der Waals surface area contributed by atoms with Gasteiger partial charge >= 0.3 is 0 Å². The minimum atomic E-state index is -3.48. The molecule has 0 radical (unpaired) electrons. The molecule has 1 aliphatic rings. The van der Waals surface area contributed by atoms with Crippen LogP contribution in [-0.2, 0) is 15.0 Å². The third-order valence-corrected chi connectivity index (χ3v) is 4.51. The summed E-state index contributed by atoms with van der Waals surface area (Å²) >= 11 is 0. The number of carbonyl (C=O) groups excluding carboxylic acids is 1. The van der Waals surface area contributed by atoms with E-state index in [1.807, 2.05) is 0 Å². The summed E-state index contributed by atoms with van der Waals surface area (Å²) in [7, 11) is 0.839. The zero-order valence-electron chi connectivity index (χ0n) is 10.0. The highest BCUT2D eigenvalue weighted by atomic mass is 32.2. The van der Waals surface area contributed by atoms with Crippen LogP contribution in [0, 0.1) is 0 Å². The van der Waals surface area contributed by atoms with Crippen molar-refractivity contribution < 1.29 is 13.2 Å². The highest BCUT2D eigenvalue weighted by Crippen LogP contribution is 2.09. The lowest BCUT2D eigenvalue weighted by atomic mass is 10.4. The molecule has 0 bridgehead atoms. The largest absolute Gasteiger partial charge is 0.342 e. The summed E-state index contributed by atoms with van der Waals surface area (Å²) in [4.78, 5) is 13.4. The van der Waals surface area contributed by atoms with Crippen LogP contribution in [0.4, 0.5) is 0 Å². The van der Waals surface area contributed by atoms with E-state index in [0.29, 0.717) is 0 Å². The third-order valence-electron chi connectivity index (χ3n) is 2.67. The Kier molecular flexibility index (Phi) is 4.28. The Bertz CT molecular complexity index is 347. The average Bonchev–Trinajstić information content (AvgIpc) is 2.69. The Morgan fingerprint density at radius 1 is 1.19 bits per heavy atom. The molecule has 1 aliphatic heterocycles. The van der Waals surface area contributed by atoms with Crippen molar-refractivity contribution in [2.24, 2.45) is 0 Å². The standard InChI is InChI=1S/C9H19N3O3S/c1-10(2)16(14,15)11(3)8-9(13)12-6-4-5-7-12/h4-8H2,1-3H3. The number of carbonyl (C=O) groups is 1. The molecular formula is C9H19N3O3S. The summed E-state index contributed by atoms with van der Waals surface area (Å²) in [6.07, 6.45) is 2.02. The second kappa shape index (κ2) is 5.11. The van der Waals surface area contributed by atoms with Crippen LogP contribution in [0.3, 0.4) is 0 Å². The van der Waals surface area contributed by atoms with E-state index in [2.05, 4.69) is 0 Å². The molecule has 0 atom stereocenters. The molecule has 0 N–H and O–H groups in total. The molecule has 16 heavy (non-hydrogen) atoms. The van der Waals surface area contributed by atoms with Gasteiger partial charge in [-0.25, -0.2) is 0 Å². The van der Waals surface area contributed by atoms with Crippen molar-refractivity contribution in [1.82, 2.24) is 13.5 Å². The smallest absolute Gasteiger partial charge is 0.281 e. The van der Waals surface area contributed by atoms with Gasteiger partial charge in [0.1, 0.15) is 0 Å². The number of nitrogens with zero attached hydrogens (tertiary/aromatic N) is 3. The fourth-order valence-corrected chi connectivity index (χ4v) is 2.45. The number of likely N-dealkylation sites (N-methyl/N-ethyl adjacent to an activating group) is 1. The molecule has 1 fully saturated rings. The van der Waals surface area contributed by atoms with Crippen molar-refractivity contribution in [2.45, 2.75) is 12.8 Å². The van der Waals surface area contributed by atoms with Crippen molar-refractivity contribution in [3.05, 3.63) is 0 Å². The summed E-state index contributed by atoms with van der Waals surface area (Å²) in [6, 6.07) is 0. The minimum Gasteiger partial charge on any atom is -0.342 e. The van der Waals surface area contributed by atoms with Gasteiger partial charge in [0.05, 0.1) is 6.54 Å². The fourth-order valence-electron chi connectivity index (χ4n) is 1.62. The maximum Gasteiger partial charge on any atom is 0.281 e. The SMILES string of the molecule is CN(C)S(=O)(=O)N(C)CC(=O)N1CCCC1. The van der Waals surface area contributed by atoms with Gasteiger partial charge in [0.2, 0.25) is 5.91 Å². The topological polar surface area (TPSA) is 60.9 Å². The Labute approximate surface area is 97.0 Å². The lowest BCUT2D eigenvalue weighted by Gasteiger charge is -2.23. The first-order valence-electron chi connectivity index (χ1n) is 5.27. The van der Waals surface area contributed by atoms with E-state index in [4.69, 9.17) is 0 Å². The maximum atomic E-state index is 11.7. The number of likely N-dealkylation sites (tertiary alicyclic amines) is 1. The molecular weight excluding hydrogens is 230 g/mol. The van der Waals surface area contributed by atoms with E-state index in [-0.39, 0.29) is 12.5 Å². The van der Waals surface area contributed by atoms with Crippen LogP contribution < -0.4 is 0 Å². The number of amides is 1. The van der Waals surface area contributed by atoms with Gasteiger partial charge in [-0.1, -0.05) is 0 Å². The van der Waals surface area contributed by atoms with Crippen LogP contribution in [0.25, 0.3) is 0 Å².